The van der Waals surface area contributed by atoms with Gasteiger partial charge in [-0.3, -0.25) is 4.98 Å². The number of aromatic nitrogens is 1. The second kappa shape index (κ2) is 6.01. The van der Waals surface area contributed by atoms with E-state index in [1.165, 1.54) is 5.56 Å². The number of nitrogens with zero attached hydrogens (tertiary/aromatic N) is 1. The first-order valence-electron chi connectivity index (χ1n) is 6.72. The summed E-state index contributed by atoms with van der Waals surface area (Å²) in [5.41, 5.74) is 3.36. The van der Waals surface area contributed by atoms with Crippen molar-refractivity contribution < 1.29 is 4.74 Å². The van der Waals surface area contributed by atoms with E-state index in [-0.39, 0.29) is 6.04 Å². The number of aryl methyl sites for hydroxylation is 2. The van der Waals surface area contributed by atoms with Crippen LogP contribution in [-0.2, 0) is 4.74 Å². The molecule has 0 aromatic carbocycles. The Morgan fingerprint density at radius 2 is 2.06 bits per heavy atom. The minimum absolute atomic E-state index is 0.163. The van der Waals surface area contributed by atoms with Crippen LogP contribution in [0.1, 0.15) is 42.8 Å². The molecule has 18 heavy (non-hydrogen) atoms. The molecule has 98 valence electrons. The third-order valence-corrected chi connectivity index (χ3v) is 3.09. The summed E-state index contributed by atoms with van der Waals surface area (Å²) in [6, 6.07) is 4.44. The van der Waals surface area contributed by atoms with Crippen LogP contribution in [0.4, 0.5) is 0 Å². The molecule has 1 aliphatic heterocycles. The summed E-state index contributed by atoms with van der Waals surface area (Å²) in [7, 11) is 0. The zero-order valence-corrected chi connectivity index (χ0v) is 11.5. The second-order valence-corrected chi connectivity index (χ2v) is 4.77. The van der Waals surface area contributed by atoms with Crippen molar-refractivity contribution in [1.82, 2.24) is 10.3 Å². The van der Waals surface area contributed by atoms with Crippen molar-refractivity contribution in [3.63, 3.8) is 0 Å². The van der Waals surface area contributed by atoms with E-state index in [9.17, 15) is 0 Å². The van der Waals surface area contributed by atoms with E-state index in [1.807, 2.05) is 13.8 Å². The summed E-state index contributed by atoms with van der Waals surface area (Å²) in [4.78, 5) is 4.43. The number of nitrogens with one attached hydrogen (secondary N) is 1. The number of hydrogen-bond donors (Lipinski definition) is 1. The van der Waals surface area contributed by atoms with Crippen LogP contribution in [0.3, 0.4) is 0 Å². The van der Waals surface area contributed by atoms with Crippen LogP contribution in [-0.4, -0.2) is 18.1 Å². The van der Waals surface area contributed by atoms with Crippen molar-refractivity contribution in [1.29, 1.82) is 0 Å². The predicted molar refractivity (Wildman–Crippen MR) is 73.4 cm³/mol. The summed E-state index contributed by atoms with van der Waals surface area (Å²) in [6.45, 7) is 7.95. The van der Waals surface area contributed by atoms with E-state index in [2.05, 4.69) is 35.4 Å². The van der Waals surface area contributed by atoms with Crippen LogP contribution in [0.2, 0.25) is 0 Å². The predicted octanol–water partition coefficient (Wildman–Crippen LogP) is 3.04. The minimum Gasteiger partial charge on any atom is -0.496 e. The summed E-state index contributed by atoms with van der Waals surface area (Å²) >= 11 is 0. The monoisotopic (exact) mass is 246 g/mol. The molecule has 2 heterocycles. The maximum absolute atomic E-state index is 5.80. The summed E-state index contributed by atoms with van der Waals surface area (Å²) in [6.07, 6.45) is 4.44. The van der Waals surface area contributed by atoms with Gasteiger partial charge in [-0.2, -0.15) is 0 Å². The number of hydrogen-bond acceptors (Lipinski definition) is 3. The van der Waals surface area contributed by atoms with Gasteiger partial charge in [0.05, 0.1) is 12.6 Å². The molecule has 1 aromatic heterocycles. The maximum atomic E-state index is 5.80. The Morgan fingerprint density at radius 1 is 1.33 bits per heavy atom. The first-order chi connectivity index (χ1) is 8.70. The third kappa shape index (κ3) is 3.10. The molecule has 1 unspecified atom stereocenters. The number of rotatable bonds is 4. The SMILES string of the molecule is CCNC(C1=CCCCO1)c1cc(C)nc(C)c1. The van der Waals surface area contributed by atoms with Gasteiger partial charge >= 0.3 is 0 Å². The first-order valence-corrected chi connectivity index (χ1v) is 6.72. The van der Waals surface area contributed by atoms with Crippen LogP contribution in [0, 0.1) is 13.8 Å². The van der Waals surface area contributed by atoms with Crippen molar-refractivity contribution in [2.24, 2.45) is 0 Å². The third-order valence-electron chi connectivity index (χ3n) is 3.09. The van der Waals surface area contributed by atoms with E-state index in [1.54, 1.807) is 0 Å². The van der Waals surface area contributed by atoms with Crippen molar-refractivity contribution in [2.75, 3.05) is 13.2 Å². The smallest absolute Gasteiger partial charge is 0.113 e. The fraction of sp³-hybridized carbons (Fsp3) is 0.533. The van der Waals surface area contributed by atoms with Crippen molar-refractivity contribution in [3.8, 4) is 0 Å². The minimum atomic E-state index is 0.163. The van der Waals surface area contributed by atoms with E-state index in [0.29, 0.717) is 0 Å². The van der Waals surface area contributed by atoms with Crippen molar-refractivity contribution >= 4 is 0 Å². The number of pyridine rings is 1. The summed E-state index contributed by atoms with van der Waals surface area (Å²) < 4.78 is 5.80. The zero-order chi connectivity index (χ0) is 13.0. The van der Waals surface area contributed by atoms with Gasteiger partial charge in [-0.15, -0.1) is 0 Å². The number of likely N-dealkylation sites (N-methyl/N-ethyl adjacent to an activating group) is 1. The number of allylic oxidation sites excluding steroid dienone is 1. The molecule has 0 spiro atoms. The molecule has 0 amide bonds. The van der Waals surface area contributed by atoms with Crippen molar-refractivity contribution in [3.05, 3.63) is 40.9 Å². The molecular formula is C15H22N2O. The Balaban J connectivity index is 2.31. The van der Waals surface area contributed by atoms with E-state index < -0.39 is 0 Å². The molecule has 0 aliphatic carbocycles. The summed E-state index contributed by atoms with van der Waals surface area (Å²) in [5.74, 6) is 1.06. The van der Waals surface area contributed by atoms with Gasteiger partial charge in [-0.05, 0) is 57.0 Å². The van der Waals surface area contributed by atoms with Crippen LogP contribution in [0.25, 0.3) is 0 Å². The molecule has 1 aromatic rings. The van der Waals surface area contributed by atoms with Crippen LogP contribution < -0.4 is 5.32 Å². The van der Waals surface area contributed by atoms with Crippen LogP contribution in [0.15, 0.2) is 24.0 Å². The largest absolute Gasteiger partial charge is 0.496 e. The Bertz CT molecular complexity index is 420. The summed E-state index contributed by atoms with van der Waals surface area (Å²) in [5, 5.41) is 3.50. The maximum Gasteiger partial charge on any atom is 0.113 e. The normalized spacial score (nSPS) is 16.9. The van der Waals surface area contributed by atoms with E-state index in [4.69, 9.17) is 4.74 Å². The van der Waals surface area contributed by atoms with Gasteiger partial charge in [-0.25, -0.2) is 0 Å². The van der Waals surface area contributed by atoms with Crippen molar-refractivity contribution in [2.45, 2.75) is 39.7 Å². The Labute approximate surface area is 109 Å². The van der Waals surface area contributed by atoms with Gasteiger partial charge in [-0.1, -0.05) is 6.92 Å². The molecule has 0 radical (unpaired) electrons. The lowest BCUT2D eigenvalue weighted by Crippen LogP contribution is -2.25. The quantitative estimate of drug-likeness (QED) is 0.886. The molecule has 0 saturated carbocycles. The molecule has 2 rings (SSSR count). The highest BCUT2D eigenvalue weighted by molar-refractivity contribution is 5.29. The molecule has 3 heteroatoms. The molecule has 1 atom stereocenters. The van der Waals surface area contributed by atoms with Gasteiger partial charge < -0.3 is 10.1 Å². The topological polar surface area (TPSA) is 34.1 Å². The molecule has 3 nitrogen and oxygen atoms in total. The van der Waals surface area contributed by atoms with Crippen LogP contribution >= 0.6 is 0 Å². The zero-order valence-electron chi connectivity index (χ0n) is 11.5. The standard InChI is InChI=1S/C15H22N2O/c1-4-16-15(14-7-5-6-8-18-14)13-9-11(2)17-12(3)10-13/h7,9-10,15-16H,4-6,8H2,1-3H3. The highest BCUT2D eigenvalue weighted by atomic mass is 16.5. The molecule has 0 saturated heterocycles. The van der Waals surface area contributed by atoms with Gasteiger partial charge in [0, 0.05) is 11.4 Å². The molecular weight excluding hydrogens is 224 g/mol. The van der Waals surface area contributed by atoms with Gasteiger partial charge in [0.2, 0.25) is 0 Å². The molecule has 0 bridgehead atoms. The Morgan fingerprint density at radius 3 is 2.61 bits per heavy atom. The first kappa shape index (κ1) is 13.1. The Hall–Kier alpha value is -1.35. The van der Waals surface area contributed by atoms with Gasteiger partial charge in [0.1, 0.15) is 5.76 Å². The van der Waals surface area contributed by atoms with Gasteiger partial charge in [0.25, 0.3) is 0 Å². The lowest BCUT2D eigenvalue weighted by atomic mass is 10.0. The second-order valence-electron chi connectivity index (χ2n) is 4.77. The lowest BCUT2D eigenvalue weighted by molar-refractivity contribution is 0.168. The fourth-order valence-corrected chi connectivity index (χ4v) is 2.40. The highest BCUT2D eigenvalue weighted by Gasteiger charge is 2.19. The molecule has 1 N–H and O–H groups in total. The lowest BCUT2D eigenvalue weighted by Gasteiger charge is -2.25. The molecule has 1 aliphatic rings. The van der Waals surface area contributed by atoms with Crippen LogP contribution in [0.5, 0.6) is 0 Å². The number of ether oxygens (including phenoxy) is 1. The van der Waals surface area contributed by atoms with E-state index >= 15 is 0 Å². The average Bonchev–Trinajstić information content (AvgIpc) is 2.36. The van der Waals surface area contributed by atoms with E-state index in [0.717, 1.165) is 43.1 Å². The average molecular weight is 246 g/mol. The molecule has 0 fully saturated rings. The highest BCUT2D eigenvalue weighted by Crippen LogP contribution is 2.26. The fourth-order valence-electron chi connectivity index (χ4n) is 2.40. The Kier molecular flexibility index (Phi) is 4.37. The van der Waals surface area contributed by atoms with Gasteiger partial charge in [0.15, 0.2) is 0 Å².